The molecule has 0 spiro atoms. The highest BCUT2D eigenvalue weighted by atomic mass is 79.9. The first-order valence-corrected chi connectivity index (χ1v) is 10.8. The topological polar surface area (TPSA) is 62.1 Å². The summed E-state index contributed by atoms with van der Waals surface area (Å²) in [6, 6.07) is 19.9. The van der Waals surface area contributed by atoms with Gasteiger partial charge in [-0.3, -0.25) is 4.79 Å². The van der Waals surface area contributed by atoms with E-state index in [2.05, 4.69) is 21.2 Å². The van der Waals surface area contributed by atoms with Gasteiger partial charge in [-0.05, 0) is 70.4 Å². The maximum atomic E-state index is 12.5. The highest BCUT2D eigenvalue weighted by Gasteiger charge is 2.12. The predicted octanol–water partition coefficient (Wildman–Crippen LogP) is 7.19. The smallest absolute Gasteiger partial charge is 0.266 e. The summed E-state index contributed by atoms with van der Waals surface area (Å²) >= 11 is 15.6. The fourth-order valence-electron chi connectivity index (χ4n) is 2.74. The van der Waals surface area contributed by atoms with Crippen LogP contribution < -0.4 is 10.1 Å². The van der Waals surface area contributed by atoms with Crippen LogP contribution in [0.2, 0.25) is 10.0 Å². The lowest BCUT2D eigenvalue weighted by atomic mass is 10.1. The Morgan fingerprint density at radius 1 is 1.16 bits per heavy atom. The number of hydrogen-bond acceptors (Lipinski definition) is 3. The number of amides is 1. The van der Waals surface area contributed by atoms with Crippen molar-refractivity contribution in [3.8, 4) is 11.8 Å². The molecule has 3 rings (SSSR count). The molecule has 156 valence electrons. The molecular weight excluding hydrogens is 499 g/mol. The number of ether oxygens (including phenoxy) is 1. The van der Waals surface area contributed by atoms with Gasteiger partial charge in [-0.1, -0.05) is 53.5 Å². The van der Waals surface area contributed by atoms with Gasteiger partial charge in [0.2, 0.25) is 0 Å². The number of nitrogens with one attached hydrogen (secondary N) is 1. The first-order chi connectivity index (χ1) is 14.9. The van der Waals surface area contributed by atoms with Crippen molar-refractivity contribution in [2.75, 3.05) is 5.32 Å². The Morgan fingerprint density at radius 3 is 2.61 bits per heavy atom. The SMILES string of the molecule is Cc1ccccc1NC(=O)/C(C#N)=C\c1ccc(OCc2ccc(Cl)cc2Cl)c(Br)c1. The summed E-state index contributed by atoms with van der Waals surface area (Å²) in [7, 11) is 0. The zero-order valence-corrected chi connectivity index (χ0v) is 19.6. The second kappa shape index (κ2) is 10.5. The second-order valence-corrected chi connectivity index (χ2v) is 8.35. The van der Waals surface area contributed by atoms with E-state index in [0.29, 0.717) is 31.5 Å². The van der Waals surface area contributed by atoms with E-state index in [-0.39, 0.29) is 12.2 Å². The van der Waals surface area contributed by atoms with Crippen molar-refractivity contribution < 1.29 is 9.53 Å². The van der Waals surface area contributed by atoms with Crippen molar-refractivity contribution in [1.82, 2.24) is 0 Å². The molecule has 1 amide bonds. The molecule has 0 bridgehead atoms. The Bertz CT molecular complexity index is 1200. The molecule has 0 aliphatic heterocycles. The van der Waals surface area contributed by atoms with Crippen LogP contribution in [0.15, 0.2) is 70.7 Å². The van der Waals surface area contributed by atoms with Gasteiger partial charge in [0.05, 0.1) is 4.47 Å². The van der Waals surface area contributed by atoms with Crippen LogP contribution in [-0.2, 0) is 11.4 Å². The van der Waals surface area contributed by atoms with Gasteiger partial charge < -0.3 is 10.1 Å². The molecule has 0 aromatic heterocycles. The van der Waals surface area contributed by atoms with Crippen LogP contribution in [0.4, 0.5) is 5.69 Å². The summed E-state index contributed by atoms with van der Waals surface area (Å²) in [6.45, 7) is 2.16. The quantitative estimate of drug-likeness (QED) is 0.279. The standard InChI is InChI=1S/C24H17BrCl2N2O2/c1-15-4-2-3-5-22(15)29-24(30)18(13-28)10-16-6-9-23(20(25)11-16)31-14-17-7-8-19(26)12-21(17)27/h2-12H,14H2,1H3,(H,29,30)/b18-10-. The monoisotopic (exact) mass is 514 g/mol. The van der Waals surface area contributed by atoms with Crippen LogP contribution in [-0.4, -0.2) is 5.91 Å². The summed E-state index contributed by atoms with van der Waals surface area (Å²) in [4.78, 5) is 12.5. The van der Waals surface area contributed by atoms with Gasteiger partial charge in [0.25, 0.3) is 5.91 Å². The molecule has 31 heavy (non-hydrogen) atoms. The Morgan fingerprint density at radius 2 is 1.94 bits per heavy atom. The van der Waals surface area contributed by atoms with Gasteiger partial charge in [-0.2, -0.15) is 5.26 Å². The molecule has 0 unspecified atom stereocenters. The number of rotatable bonds is 6. The Kier molecular flexibility index (Phi) is 7.75. The van der Waals surface area contributed by atoms with Gasteiger partial charge in [0.1, 0.15) is 24.0 Å². The fraction of sp³-hybridized carbons (Fsp3) is 0.0833. The number of nitriles is 1. The van der Waals surface area contributed by atoms with Gasteiger partial charge in [0.15, 0.2) is 0 Å². The molecule has 0 saturated heterocycles. The zero-order valence-electron chi connectivity index (χ0n) is 16.5. The third-order valence-electron chi connectivity index (χ3n) is 4.42. The number of para-hydroxylation sites is 1. The van der Waals surface area contributed by atoms with Crippen LogP contribution in [0.3, 0.4) is 0 Å². The van der Waals surface area contributed by atoms with Crippen molar-refractivity contribution in [2.45, 2.75) is 13.5 Å². The van der Waals surface area contributed by atoms with Crippen LogP contribution in [0.25, 0.3) is 6.08 Å². The first kappa shape index (κ1) is 22.9. The molecule has 0 aliphatic rings. The van der Waals surface area contributed by atoms with E-state index in [1.54, 1.807) is 36.4 Å². The lowest BCUT2D eigenvalue weighted by molar-refractivity contribution is -0.112. The van der Waals surface area contributed by atoms with Crippen LogP contribution >= 0.6 is 39.1 Å². The number of nitrogens with zero attached hydrogens (tertiary/aromatic N) is 1. The van der Waals surface area contributed by atoms with Crippen LogP contribution in [0, 0.1) is 18.3 Å². The minimum Gasteiger partial charge on any atom is -0.488 e. The number of benzene rings is 3. The molecule has 0 aliphatic carbocycles. The minimum absolute atomic E-state index is 0.00299. The van der Waals surface area contributed by atoms with E-state index in [1.807, 2.05) is 37.3 Å². The average molecular weight is 516 g/mol. The summed E-state index contributed by atoms with van der Waals surface area (Å²) in [6.07, 6.45) is 1.53. The van der Waals surface area contributed by atoms with Crippen LogP contribution in [0.5, 0.6) is 5.75 Å². The highest BCUT2D eigenvalue weighted by Crippen LogP contribution is 2.29. The summed E-state index contributed by atoms with van der Waals surface area (Å²) in [5, 5.41) is 13.3. The number of anilines is 1. The number of carbonyl (C=O) groups excluding carboxylic acids is 1. The van der Waals surface area contributed by atoms with Gasteiger partial charge in [-0.15, -0.1) is 0 Å². The van der Waals surface area contributed by atoms with Gasteiger partial charge in [0, 0.05) is 21.3 Å². The van der Waals surface area contributed by atoms with Crippen molar-refractivity contribution in [3.05, 3.63) is 97.4 Å². The highest BCUT2D eigenvalue weighted by molar-refractivity contribution is 9.10. The molecule has 3 aromatic rings. The van der Waals surface area contributed by atoms with Crippen molar-refractivity contribution in [2.24, 2.45) is 0 Å². The Balaban J connectivity index is 1.73. The molecule has 0 radical (unpaired) electrons. The third kappa shape index (κ3) is 6.11. The van der Waals surface area contributed by atoms with Crippen molar-refractivity contribution in [3.63, 3.8) is 0 Å². The Labute approximate surface area is 199 Å². The van der Waals surface area contributed by atoms with E-state index in [1.165, 1.54) is 6.08 Å². The molecule has 1 N–H and O–H groups in total. The number of carbonyl (C=O) groups is 1. The molecule has 0 saturated carbocycles. The molecule has 0 fully saturated rings. The first-order valence-electron chi connectivity index (χ1n) is 9.22. The predicted molar refractivity (Wildman–Crippen MR) is 128 cm³/mol. The largest absolute Gasteiger partial charge is 0.488 e. The van der Waals surface area contributed by atoms with Crippen molar-refractivity contribution in [1.29, 1.82) is 5.26 Å². The molecule has 4 nitrogen and oxygen atoms in total. The van der Waals surface area contributed by atoms with Crippen LogP contribution in [0.1, 0.15) is 16.7 Å². The van der Waals surface area contributed by atoms with Crippen molar-refractivity contribution >= 4 is 56.8 Å². The maximum absolute atomic E-state index is 12.5. The normalized spacial score (nSPS) is 11.0. The number of aryl methyl sites for hydroxylation is 1. The van der Waals surface area contributed by atoms with E-state index < -0.39 is 5.91 Å². The van der Waals surface area contributed by atoms with E-state index in [4.69, 9.17) is 27.9 Å². The summed E-state index contributed by atoms with van der Waals surface area (Å²) < 4.78 is 6.51. The molecule has 0 heterocycles. The lowest BCUT2D eigenvalue weighted by Crippen LogP contribution is -2.14. The average Bonchev–Trinajstić information content (AvgIpc) is 2.74. The van der Waals surface area contributed by atoms with E-state index in [0.717, 1.165) is 11.1 Å². The fourth-order valence-corrected chi connectivity index (χ4v) is 3.71. The molecular formula is C24H17BrCl2N2O2. The van der Waals surface area contributed by atoms with Gasteiger partial charge in [-0.25, -0.2) is 0 Å². The van der Waals surface area contributed by atoms with E-state index >= 15 is 0 Å². The minimum atomic E-state index is -0.467. The summed E-state index contributed by atoms with van der Waals surface area (Å²) in [5.41, 5.74) is 3.07. The maximum Gasteiger partial charge on any atom is 0.266 e. The lowest BCUT2D eigenvalue weighted by Gasteiger charge is -2.11. The Hall–Kier alpha value is -2.78. The molecule has 3 aromatic carbocycles. The third-order valence-corrected chi connectivity index (χ3v) is 5.63. The summed E-state index contributed by atoms with van der Waals surface area (Å²) in [5.74, 6) is 0.136. The van der Waals surface area contributed by atoms with Gasteiger partial charge >= 0.3 is 0 Å². The second-order valence-electron chi connectivity index (χ2n) is 6.65. The molecule has 7 heteroatoms. The number of halogens is 3. The van der Waals surface area contributed by atoms with E-state index in [9.17, 15) is 10.1 Å². The molecule has 0 atom stereocenters. The zero-order chi connectivity index (χ0) is 22.4. The number of hydrogen-bond donors (Lipinski definition) is 1.